The third-order valence-electron chi connectivity index (χ3n) is 2.26. The largest absolute Gasteiger partial charge is 0.466 e. The van der Waals surface area contributed by atoms with E-state index >= 15 is 0 Å². The first-order chi connectivity index (χ1) is 8.38. The molecule has 1 rings (SSSR count). The molecule has 0 radical (unpaired) electrons. The van der Waals surface area contributed by atoms with Gasteiger partial charge in [-0.05, 0) is 11.6 Å². The van der Waals surface area contributed by atoms with Crippen LogP contribution in [-0.2, 0) is 9.53 Å². The average Bonchev–Trinajstić information content (AvgIpc) is 2.36. The van der Waals surface area contributed by atoms with Gasteiger partial charge in [0.05, 0.1) is 17.6 Å². The highest BCUT2D eigenvalue weighted by Gasteiger charge is 2.22. The van der Waals surface area contributed by atoms with Crippen molar-refractivity contribution in [3.05, 3.63) is 51.1 Å². The highest BCUT2D eigenvalue weighted by Crippen LogP contribution is 2.30. The quantitative estimate of drug-likeness (QED) is 0.391. The number of aliphatic hydroxyl groups excluding tert-OH is 1. The third kappa shape index (κ3) is 2.85. The summed E-state index contributed by atoms with van der Waals surface area (Å²) < 4.78 is 4.40. The van der Waals surface area contributed by atoms with Crippen LogP contribution in [0.25, 0.3) is 0 Å². The Morgan fingerprint density at radius 3 is 2.72 bits per heavy atom. The summed E-state index contributed by atoms with van der Waals surface area (Å²) >= 11 is 5.63. The molecular weight excluding hydrogens is 262 g/mol. The normalized spacial score (nSPS) is 11.7. The number of benzene rings is 1. The topological polar surface area (TPSA) is 89.7 Å². The Hall–Kier alpha value is -1.92. The van der Waals surface area contributed by atoms with Crippen molar-refractivity contribution in [2.75, 3.05) is 7.11 Å². The first-order valence-electron chi connectivity index (χ1n) is 4.77. The number of carbonyl (C=O) groups excluding carboxylic acids is 1. The Bertz CT molecular complexity index is 514. The van der Waals surface area contributed by atoms with Crippen LogP contribution in [-0.4, -0.2) is 23.1 Å². The fourth-order valence-corrected chi connectivity index (χ4v) is 1.47. The standard InChI is InChI=1S/C11H10ClNO5/c1-6(11(15)18-2)10(14)7-3-4-8(12)9(5-7)13(16)17/h3-5,10,14H,1H2,2H3. The van der Waals surface area contributed by atoms with Crippen molar-refractivity contribution in [3.8, 4) is 0 Å². The Morgan fingerprint density at radius 2 is 2.22 bits per heavy atom. The summed E-state index contributed by atoms with van der Waals surface area (Å²) in [5.41, 5.74) is -0.429. The molecule has 0 bridgehead atoms. The van der Waals surface area contributed by atoms with Gasteiger partial charge in [-0.1, -0.05) is 24.2 Å². The Labute approximate surface area is 108 Å². The number of aliphatic hydroxyl groups is 1. The molecule has 0 spiro atoms. The molecule has 0 saturated heterocycles. The first-order valence-corrected chi connectivity index (χ1v) is 5.15. The van der Waals surface area contributed by atoms with E-state index in [1.807, 2.05) is 0 Å². The molecule has 7 heteroatoms. The third-order valence-corrected chi connectivity index (χ3v) is 2.58. The zero-order chi connectivity index (χ0) is 13.9. The van der Waals surface area contributed by atoms with Crippen molar-refractivity contribution in [2.24, 2.45) is 0 Å². The molecule has 0 fully saturated rings. The van der Waals surface area contributed by atoms with Crippen LogP contribution in [0.1, 0.15) is 11.7 Å². The minimum Gasteiger partial charge on any atom is -0.466 e. The summed E-state index contributed by atoms with van der Waals surface area (Å²) in [5, 5.41) is 20.4. The van der Waals surface area contributed by atoms with E-state index in [-0.39, 0.29) is 21.8 Å². The summed E-state index contributed by atoms with van der Waals surface area (Å²) in [4.78, 5) is 21.2. The lowest BCUT2D eigenvalue weighted by Gasteiger charge is -2.12. The summed E-state index contributed by atoms with van der Waals surface area (Å²) in [6, 6.07) is 3.72. The second-order valence-electron chi connectivity index (χ2n) is 3.39. The number of methoxy groups -OCH3 is 1. The maximum absolute atomic E-state index is 11.2. The SMILES string of the molecule is C=C(C(=O)OC)C(O)c1ccc(Cl)c([N+](=O)[O-])c1. The molecular formula is C11H10ClNO5. The number of rotatable bonds is 4. The van der Waals surface area contributed by atoms with E-state index in [2.05, 4.69) is 11.3 Å². The van der Waals surface area contributed by atoms with Gasteiger partial charge in [-0.2, -0.15) is 0 Å². The maximum Gasteiger partial charge on any atom is 0.336 e. The fraction of sp³-hybridized carbons (Fsp3) is 0.182. The molecule has 0 aliphatic carbocycles. The highest BCUT2D eigenvalue weighted by molar-refractivity contribution is 6.32. The van der Waals surface area contributed by atoms with Gasteiger partial charge in [-0.3, -0.25) is 10.1 Å². The monoisotopic (exact) mass is 271 g/mol. The molecule has 1 aromatic carbocycles. The molecule has 0 heterocycles. The average molecular weight is 272 g/mol. The van der Waals surface area contributed by atoms with Crippen LogP contribution in [0.3, 0.4) is 0 Å². The smallest absolute Gasteiger partial charge is 0.336 e. The Kier molecular flexibility index (Phi) is 4.41. The number of nitro benzene ring substituents is 1. The zero-order valence-electron chi connectivity index (χ0n) is 9.42. The summed E-state index contributed by atoms with van der Waals surface area (Å²) in [5.74, 6) is -0.792. The van der Waals surface area contributed by atoms with Crippen LogP contribution in [0, 0.1) is 10.1 Å². The molecule has 96 valence electrons. The maximum atomic E-state index is 11.2. The molecule has 18 heavy (non-hydrogen) atoms. The Balaban J connectivity index is 3.11. The number of esters is 1. The van der Waals surface area contributed by atoms with E-state index in [1.54, 1.807) is 0 Å². The number of ether oxygens (including phenoxy) is 1. The molecule has 6 nitrogen and oxygen atoms in total. The van der Waals surface area contributed by atoms with E-state index in [0.29, 0.717) is 0 Å². The molecule has 1 unspecified atom stereocenters. The lowest BCUT2D eigenvalue weighted by molar-refractivity contribution is -0.384. The van der Waals surface area contributed by atoms with E-state index in [0.717, 1.165) is 13.2 Å². The first kappa shape index (κ1) is 14.1. The van der Waals surface area contributed by atoms with Crippen molar-refractivity contribution >= 4 is 23.3 Å². The number of halogens is 1. The lowest BCUT2D eigenvalue weighted by Crippen LogP contribution is -2.12. The van der Waals surface area contributed by atoms with Crippen LogP contribution >= 0.6 is 11.6 Å². The second-order valence-corrected chi connectivity index (χ2v) is 3.79. The van der Waals surface area contributed by atoms with Gasteiger partial charge in [0.15, 0.2) is 0 Å². The van der Waals surface area contributed by atoms with E-state index < -0.39 is 17.0 Å². The van der Waals surface area contributed by atoms with Crippen LogP contribution in [0.5, 0.6) is 0 Å². The fourth-order valence-electron chi connectivity index (χ4n) is 1.28. The van der Waals surface area contributed by atoms with Crippen LogP contribution < -0.4 is 0 Å². The van der Waals surface area contributed by atoms with E-state index in [9.17, 15) is 20.0 Å². The lowest BCUT2D eigenvalue weighted by atomic mass is 10.0. The van der Waals surface area contributed by atoms with Gasteiger partial charge < -0.3 is 9.84 Å². The van der Waals surface area contributed by atoms with Gasteiger partial charge >= 0.3 is 5.97 Å². The van der Waals surface area contributed by atoms with Gasteiger partial charge in [0.25, 0.3) is 5.69 Å². The summed E-state index contributed by atoms with van der Waals surface area (Å²) in [7, 11) is 1.14. The number of carbonyl (C=O) groups is 1. The zero-order valence-corrected chi connectivity index (χ0v) is 10.2. The second kappa shape index (κ2) is 5.61. The Morgan fingerprint density at radius 1 is 1.61 bits per heavy atom. The van der Waals surface area contributed by atoms with Crippen LogP contribution in [0.4, 0.5) is 5.69 Å². The van der Waals surface area contributed by atoms with Crippen molar-refractivity contribution in [1.29, 1.82) is 0 Å². The van der Waals surface area contributed by atoms with E-state index in [1.165, 1.54) is 12.1 Å². The summed E-state index contributed by atoms with van der Waals surface area (Å²) in [6.07, 6.45) is -1.38. The number of hydrogen-bond acceptors (Lipinski definition) is 5. The molecule has 0 aliphatic heterocycles. The number of nitro groups is 1. The van der Waals surface area contributed by atoms with Gasteiger partial charge in [0.1, 0.15) is 11.1 Å². The number of hydrogen-bond donors (Lipinski definition) is 1. The molecule has 0 amide bonds. The molecule has 0 aliphatic rings. The minimum absolute atomic E-state index is 0.0559. The molecule has 1 N–H and O–H groups in total. The predicted octanol–water partition coefficient (Wildman–Crippen LogP) is 2.01. The summed E-state index contributed by atoms with van der Waals surface area (Å²) in [6.45, 7) is 3.37. The van der Waals surface area contributed by atoms with Crippen molar-refractivity contribution in [3.63, 3.8) is 0 Å². The van der Waals surface area contributed by atoms with Crippen LogP contribution in [0.15, 0.2) is 30.4 Å². The van der Waals surface area contributed by atoms with Crippen molar-refractivity contribution < 1.29 is 19.6 Å². The van der Waals surface area contributed by atoms with Crippen molar-refractivity contribution in [2.45, 2.75) is 6.10 Å². The molecule has 1 aromatic rings. The minimum atomic E-state index is -1.38. The van der Waals surface area contributed by atoms with E-state index in [4.69, 9.17) is 11.6 Å². The number of nitrogens with zero attached hydrogens (tertiary/aromatic N) is 1. The van der Waals surface area contributed by atoms with Gasteiger partial charge in [-0.25, -0.2) is 4.79 Å². The van der Waals surface area contributed by atoms with Gasteiger partial charge in [-0.15, -0.1) is 0 Å². The molecule has 0 saturated carbocycles. The molecule has 0 aromatic heterocycles. The predicted molar refractivity (Wildman–Crippen MR) is 64.2 cm³/mol. The molecule has 1 atom stereocenters. The van der Waals surface area contributed by atoms with Crippen LogP contribution in [0.2, 0.25) is 5.02 Å². The van der Waals surface area contributed by atoms with Crippen molar-refractivity contribution in [1.82, 2.24) is 0 Å². The van der Waals surface area contributed by atoms with Gasteiger partial charge in [0, 0.05) is 6.07 Å². The highest BCUT2D eigenvalue weighted by atomic mass is 35.5. The van der Waals surface area contributed by atoms with Gasteiger partial charge in [0.2, 0.25) is 0 Å².